The number of aliphatic imine (C=N–C) groups is 1. The average Bonchev–Trinajstić information content (AvgIpc) is 3.14. The molecular formula is C18H31IN6O2. The van der Waals surface area contributed by atoms with Gasteiger partial charge in [-0.25, -0.2) is 9.98 Å². The lowest BCUT2D eigenvalue weighted by Crippen LogP contribution is -2.44. The first kappa shape index (κ1) is 23.4. The van der Waals surface area contributed by atoms with Gasteiger partial charge in [0.1, 0.15) is 5.82 Å². The lowest BCUT2D eigenvalue weighted by molar-refractivity contribution is -0.127. The third-order valence-corrected chi connectivity index (χ3v) is 4.14. The zero-order valence-corrected chi connectivity index (χ0v) is 18.9. The summed E-state index contributed by atoms with van der Waals surface area (Å²) in [5, 5.41) is 6.41. The van der Waals surface area contributed by atoms with E-state index in [9.17, 15) is 4.79 Å². The Morgan fingerprint density at radius 3 is 2.70 bits per heavy atom. The molecule has 1 fully saturated rings. The van der Waals surface area contributed by atoms with Crippen LogP contribution in [0.4, 0.5) is 5.82 Å². The Hall–Kier alpha value is -1.62. The molecule has 0 radical (unpaired) electrons. The summed E-state index contributed by atoms with van der Waals surface area (Å²) in [6.07, 6.45) is 1.04. The van der Waals surface area contributed by atoms with Gasteiger partial charge in [-0.2, -0.15) is 0 Å². The van der Waals surface area contributed by atoms with Gasteiger partial charge in [0.2, 0.25) is 5.91 Å². The highest BCUT2D eigenvalue weighted by atomic mass is 127. The van der Waals surface area contributed by atoms with Gasteiger partial charge in [-0.3, -0.25) is 4.79 Å². The second kappa shape index (κ2) is 12.0. The molecule has 27 heavy (non-hydrogen) atoms. The monoisotopic (exact) mass is 490 g/mol. The molecule has 1 unspecified atom stereocenters. The predicted octanol–water partition coefficient (Wildman–Crippen LogP) is 0.926. The molecular weight excluding hydrogens is 459 g/mol. The van der Waals surface area contributed by atoms with E-state index in [-0.39, 0.29) is 36.4 Å². The molecule has 1 atom stereocenters. The quantitative estimate of drug-likeness (QED) is 0.336. The molecule has 1 aliphatic rings. The van der Waals surface area contributed by atoms with Gasteiger partial charge in [0, 0.05) is 47.3 Å². The van der Waals surface area contributed by atoms with E-state index in [0.717, 1.165) is 37.7 Å². The Morgan fingerprint density at radius 1 is 1.30 bits per heavy atom. The Labute approximate surface area is 178 Å². The standard InChI is InChI=1S/C18H30N6O2.HI/c1-23(2)16-7-5-6-15(22-16)11-20-18(21-12-17(25)24(3)4)19-10-14-8-9-26-13-14;/h5-7,14H,8-13H2,1-4H3,(H2,19,20,21);1H. The maximum atomic E-state index is 11.8. The van der Waals surface area contributed by atoms with Crippen LogP contribution in [0.2, 0.25) is 0 Å². The van der Waals surface area contributed by atoms with Gasteiger partial charge in [0.15, 0.2) is 5.96 Å². The Morgan fingerprint density at radius 2 is 2.07 bits per heavy atom. The van der Waals surface area contributed by atoms with Crippen LogP contribution in [-0.4, -0.2) is 76.2 Å². The van der Waals surface area contributed by atoms with E-state index >= 15 is 0 Å². The maximum absolute atomic E-state index is 11.8. The molecule has 0 bridgehead atoms. The number of nitrogens with zero attached hydrogens (tertiary/aromatic N) is 4. The number of amides is 1. The third-order valence-electron chi connectivity index (χ3n) is 4.14. The summed E-state index contributed by atoms with van der Waals surface area (Å²) in [4.78, 5) is 24.5. The summed E-state index contributed by atoms with van der Waals surface area (Å²) >= 11 is 0. The third kappa shape index (κ3) is 8.29. The number of nitrogens with one attached hydrogen (secondary N) is 2. The molecule has 152 valence electrons. The number of rotatable bonds is 7. The predicted molar refractivity (Wildman–Crippen MR) is 119 cm³/mol. The van der Waals surface area contributed by atoms with Crippen molar-refractivity contribution in [3.05, 3.63) is 23.9 Å². The number of anilines is 1. The van der Waals surface area contributed by atoms with Gasteiger partial charge in [-0.05, 0) is 18.6 Å². The van der Waals surface area contributed by atoms with Crippen molar-refractivity contribution in [2.75, 3.05) is 59.4 Å². The van der Waals surface area contributed by atoms with Crippen LogP contribution < -0.4 is 15.5 Å². The number of halogens is 1. The van der Waals surface area contributed by atoms with Gasteiger partial charge in [-0.1, -0.05) is 6.07 Å². The molecule has 1 saturated heterocycles. The zero-order valence-electron chi connectivity index (χ0n) is 16.6. The summed E-state index contributed by atoms with van der Waals surface area (Å²) in [7, 11) is 7.39. The normalized spacial score (nSPS) is 16.4. The van der Waals surface area contributed by atoms with Crippen molar-refractivity contribution in [3.8, 4) is 0 Å². The molecule has 2 rings (SSSR count). The molecule has 0 saturated carbocycles. The lowest BCUT2D eigenvalue weighted by atomic mass is 10.1. The molecule has 1 amide bonds. The van der Waals surface area contributed by atoms with Crippen LogP contribution in [0.25, 0.3) is 0 Å². The molecule has 2 N–H and O–H groups in total. The molecule has 0 aromatic carbocycles. The van der Waals surface area contributed by atoms with E-state index in [0.29, 0.717) is 18.4 Å². The van der Waals surface area contributed by atoms with E-state index in [4.69, 9.17) is 4.74 Å². The molecule has 1 aromatic rings. The first-order valence-corrected chi connectivity index (χ1v) is 8.89. The van der Waals surface area contributed by atoms with E-state index in [1.807, 2.05) is 37.2 Å². The summed E-state index contributed by atoms with van der Waals surface area (Å²) in [6.45, 7) is 2.99. The van der Waals surface area contributed by atoms with Gasteiger partial charge >= 0.3 is 0 Å². The van der Waals surface area contributed by atoms with E-state index < -0.39 is 0 Å². The highest BCUT2D eigenvalue weighted by molar-refractivity contribution is 14.0. The van der Waals surface area contributed by atoms with Gasteiger partial charge in [0.05, 0.1) is 25.4 Å². The van der Waals surface area contributed by atoms with Crippen molar-refractivity contribution in [2.45, 2.75) is 13.0 Å². The molecule has 8 nitrogen and oxygen atoms in total. The van der Waals surface area contributed by atoms with Crippen molar-refractivity contribution in [2.24, 2.45) is 10.9 Å². The number of ether oxygens (including phenoxy) is 1. The van der Waals surface area contributed by atoms with Crippen LogP contribution in [0, 0.1) is 5.92 Å². The van der Waals surface area contributed by atoms with E-state index in [1.54, 1.807) is 19.0 Å². The number of guanidine groups is 1. The van der Waals surface area contributed by atoms with E-state index in [2.05, 4.69) is 20.6 Å². The summed E-state index contributed by atoms with van der Waals surface area (Å²) in [5.41, 5.74) is 0.875. The van der Waals surface area contributed by atoms with Crippen molar-refractivity contribution in [1.29, 1.82) is 0 Å². The fourth-order valence-corrected chi connectivity index (χ4v) is 2.44. The second-order valence-electron chi connectivity index (χ2n) is 6.80. The Kier molecular flexibility index (Phi) is 10.4. The molecule has 1 aliphatic heterocycles. The van der Waals surface area contributed by atoms with Crippen molar-refractivity contribution < 1.29 is 9.53 Å². The van der Waals surface area contributed by atoms with Gasteiger partial charge in [0.25, 0.3) is 0 Å². The minimum Gasteiger partial charge on any atom is -0.381 e. The van der Waals surface area contributed by atoms with Crippen molar-refractivity contribution in [3.63, 3.8) is 0 Å². The van der Waals surface area contributed by atoms with Crippen LogP contribution in [0.3, 0.4) is 0 Å². The summed E-state index contributed by atoms with van der Waals surface area (Å²) in [6, 6.07) is 5.88. The zero-order chi connectivity index (χ0) is 18.9. The second-order valence-corrected chi connectivity index (χ2v) is 6.80. The molecule has 2 heterocycles. The molecule has 0 aliphatic carbocycles. The topological polar surface area (TPSA) is 82.1 Å². The molecule has 1 aromatic heterocycles. The molecule has 0 spiro atoms. The first-order chi connectivity index (χ1) is 12.5. The van der Waals surface area contributed by atoms with Crippen molar-refractivity contribution in [1.82, 2.24) is 20.5 Å². The Bertz CT molecular complexity index is 618. The van der Waals surface area contributed by atoms with Crippen LogP contribution in [0.5, 0.6) is 0 Å². The number of hydrogen-bond acceptors (Lipinski definition) is 5. The highest BCUT2D eigenvalue weighted by Crippen LogP contribution is 2.11. The highest BCUT2D eigenvalue weighted by Gasteiger charge is 2.16. The minimum atomic E-state index is -0.00331. The average molecular weight is 490 g/mol. The fourth-order valence-electron chi connectivity index (χ4n) is 2.44. The summed E-state index contributed by atoms with van der Waals surface area (Å²) < 4.78 is 5.41. The largest absolute Gasteiger partial charge is 0.381 e. The Balaban J connectivity index is 0.00000364. The first-order valence-electron chi connectivity index (χ1n) is 8.89. The number of carbonyl (C=O) groups is 1. The van der Waals surface area contributed by atoms with Crippen LogP contribution in [-0.2, 0) is 16.1 Å². The lowest BCUT2D eigenvalue weighted by Gasteiger charge is -2.17. The van der Waals surface area contributed by atoms with Crippen LogP contribution in [0.15, 0.2) is 23.2 Å². The molecule has 9 heteroatoms. The van der Waals surface area contributed by atoms with Crippen LogP contribution >= 0.6 is 24.0 Å². The van der Waals surface area contributed by atoms with E-state index in [1.165, 1.54) is 0 Å². The summed E-state index contributed by atoms with van der Waals surface area (Å²) in [5.74, 6) is 1.98. The fraction of sp³-hybridized carbons (Fsp3) is 0.611. The van der Waals surface area contributed by atoms with Crippen molar-refractivity contribution >= 4 is 41.7 Å². The van der Waals surface area contributed by atoms with Gasteiger partial charge in [-0.15, -0.1) is 24.0 Å². The number of pyridine rings is 1. The minimum absolute atomic E-state index is 0. The smallest absolute Gasteiger partial charge is 0.241 e. The number of hydrogen-bond donors (Lipinski definition) is 2. The van der Waals surface area contributed by atoms with Gasteiger partial charge < -0.3 is 25.2 Å². The number of carbonyl (C=O) groups excluding carboxylic acids is 1. The maximum Gasteiger partial charge on any atom is 0.241 e. The number of aromatic nitrogens is 1. The number of likely N-dealkylation sites (N-methyl/N-ethyl adjacent to an activating group) is 1. The SMILES string of the molecule is CN(C)C(=O)CNC(=NCc1cccc(N(C)C)n1)NCC1CCOC1.I. The van der Waals surface area contributed by atoms with Crippen LogP contribution in [0.1, 0.15) is 12.1 Å².